The monoisotopic (exact) mass is 435 g/mol. The van der Waals surface area contributed by atoms with Gasteiger partial charge in [0.05, 0.1) is 17.7 Å². The van der Waals surface area contributed by atoms with Gasteiger partial charge in [0.2, 0.25) is 10.0 Å². The largest absolute Gasteiger partial charge is 0.347 e. The van der Waals surface area contributed by atoms with Gasteiger partial charge in [-0.25, -0.2) is 8.42 Å². The van der Waals surface area contributed by atoms with E-state index >= 15 is 0 Å². The van der Waals surface area contributed by atoms with Crippen LogP contribution in [-0.2, 0) is 19.5 Å². The van der Waals surface area contributed by atoms with Gasteiger partial charge in [-0.05, 0) is 15.9 Å². The Labute approximate surface area is 145 Å². The predicted molar refractivity (Wildman–Crippen MR) is 84.7 cm³/mol. The van der Waals surface area contributed by atoms with Gasteiger partial charge in [-0.1, -0.05) is 23.2 Å². The highest BCUT2D eigenvalue weighted by Crippen LogP contribution is 2.45. The third-order valence-electron chi connectivity index (χ3n) is 3.63. The minimum atomic E-state index is -3.68. The van der Waals surface area contributed by atoms with Crippen molar-refractivity contribution in [1.82, 2.24) is 4.31 Å². The lowest BCUT2D eigenvalue weighted by atomic mass is 10.1. The Bertz CT molecular complexity index is 647. The number of halogens is 3. The fraction of sp³-hybridized carbons (Fsp3) is 0.636. The number of ether oxygens (including phenoxy) is 2. The maximum atomic E-state index is 12.7. The van der Waals surface area contributed by atoms with Crippen molar-refractivity contribution in [1.29, 1.82) is 0 Å². The second-order valence-electron chi connectivity index (χ2n) is 4.80. The molecule has 1 aromatic heterocycles. The van der Waals surface area contributed by atoms with E-state index < -0.39 is 15.8 Å². The Kier molecular flexibility index (Phi) is 4.62. The summed E-state index contributed by atoms with van der Waals surface area (Å²) in [5.41, 5.74) is 0. The number of piperidine rings is 1. The van der Waals surface area contributed by atoms with E-state index in [1.165, 1.54) is 4.31 Å². The first kappa shape index (κ1) is 16.4. The molecule has 0 amide bonds. The van der Waals surface area contributed by atoms with Gasteiger partial charge < -0.3 is 9.47 Å². The summed E-state index contributed by atoms with van der Waals surface area (Å²) in [6.07, 6.45) is 1.03. The molecule has 21 heavy (non-hydrogen) atoms. The molecule has 10 heteroatoms. The van der Waals surface area contributed by atoms with Crippen molar-refractivity contribution in [2.75, 3.05) is 26.3 Å². The van der Waals surface area contributed by atoms with Gasteiger partial charge in [-0.15, -0.1) is 11.3 Å². The van der Waals surface area contributed by atoms with Gasteiger partial charge in [0.1, 0.15) is 13.6 Å². The predicted octanol–water partition coefficient (Wildman–Crippen LogP) is 3.35. The second kappa shape index (κ2) is 5.90. The van der Waals surface area contributed by atoms with Crippen LogP contribution in [0.1, 0.15) is 12.8 Å². The van der Waals surface area contributed by atoms with Crippen LogP contribution in [0.25, 0.3) is 0 Å². The van der Waals surface area contributed by atoms with Crippen LogP contribution in [0.2, 0.25) is 8.67 Å². The first-order chi connectivity index (χ1) is 9.86. The number of sulfonamides is 1. The van der Waals surface area contributed by atoms with Gasteiger partial charge in [0.25, 0.3) is 0 Å². The number of thiophene rings is 1. The Balaban J connectivity index is 1.83. The van der Waals surface area contributed by atoms with E-state index in [2.05, 4.69) is 15.9 Å². The van der Waals surface area contributed by atoms with Crippen LogP contribution in [0.3, 0.4) is 0 Å². The number of rotatable bonds is 2. The molecule has 0 saturated carbocycles. The molecule has 0 bridgehead atoms. The second-order valence-corrected chi connectivity index (χ2v) is 9.70. The van der Waals surface area contributed by atoms with E-state index in [9.17, 15) is 8.42 Å². The Morgan fingerprint density at radius 3 is 2.19 bits per heavy atom. The van der Waals surface area contributed by atoms with Crippen molar-refractivity contribution in [2.45, 2.75) is 23.5 Å². The summed E-state index contributed by atoms with van der Waals surface area (Å²) in [5.74, 6) is -0.612. The fourth-order valence-corrected chi connectivity index (χ4v) is 7.46. The zero-order valence-corrected chi connectivity index (χ0v) is 15.5. The van der Waals surface area contributed by atoms with Crippen LogP contribution in [0.4, 0.5) is 0 Å². The smallest absolute Gasteiger partial charge is 0.246 e. The first-order valence-corrected chi connectivity index (χ1v) is 10.1. The van der Waals surface area contributed by atoms with Crippen LogP contribution in [0.15, 0.2) is 9.37 Å². The number of nitrogens with zero attached hydrogens (tertiary/aromatic N) is 1. The Hall–Kier alpha value is 0.590. The van der Waals surface area contributed by atoms with Gasteiger partial charge in [-0.2, -0.15) is 4.31 Å². The van der Waals surface area contributed by atoms with Crippen molar-refractivity contribution < 1.29 is 17.9 Å². The molecular formula is C11H12BrCl2NO4S2. The van der Waals surface area contributed by atoms with E-state index in [-0.39, 0.29) is 9.23 Å². The highest BCUT2D eigenvalue weighted by Gasteiger charge is 2.43. The Morgan fingerprint density at radius 1 is 1.14 bits per heavy atom. The molecule has 5 nitrogen and oxygen atoms in total. The van der Waals surface area contributed by atoms with Crippen molar-refractivity contribution in [3.05, 3.63) is 13.1 Å². The van der Waals surface area contributed by atoms with E-state index in [1.54, 1.807) is 0 Å². The van der Waals surface area contributed by atoms with Gasteiger partial charge >= 0.3 is 0 Å². The van der Waals surface area contributed by atoms with E-state index in [0.717, 1.165) is 11.3 Å². The van der Waals surface area contributed by atoms with Crippen molar-refractivity contribution in [3.8, 4) is 0 Å². The van der Waals surface area contributed by atoms with Crippen LogP contribution in [0.5, 0.6) is 0 Å². The van der Waals surface area contributed by atoms with Crippen LogP contribution < -0.4 is 0 Å². The molecule has 118 valence electrons. The number of hydrogen-bond donors (Lipinski definition) is 0. The Morgan fingerprint density at radius 2 is 1.71 bits per heavy atom. The maximum Gasteiger partial charge on any atom is 0.246 e. The zero-order chi connectivity index (χ0) is 15.3. The summed E-state index contributed by atoms with van der Waals surface area (Å²) in [5, 5.41) is 0. The molecule has 3 heterocycles. The quantitative estimate of drug-likeness (QED) is 0.713. The summed E-state index contributed by atoms with van der Waals surface area (Å²) in [7, 11) is -3.68. The molecule has 0 aliphatic carbocycles. The zero-order valence-electron chi connectivity index (χ0n) is 10.8. The lowest BCUT2D eigenvalue weighted by Gasteiger charge is -2.36. The fourth-order valence-electron chi connectivity index (χ4n) is 2.54. The number of hydrogen-bond acceptors (Lipinski definition) is 5. The third-order valence-corrected chi connectivity index (χ3v) is 8.99. The molecule has 2 aliphatic rings. The molecular weight excluding hydrogens is 425 g/mol. The lowest BCUT2D eigenvalue weighted by Crippen LogP contribution is -2.47. The normalized spacial score (nSPS) is 23.0. The molecule has 0 unspecified atom stereocenters. The SMILES string of the molecule is O=S(=O)(c1c(Cl)sc(Cl)c1Br)N1CCC2(CC1)OCCO2. The molecule has 0 atom stereocenters. The summed E-state index contributed by atoms with van der Waals surface area (Å²) in [6.45, 7) is 1.78. The molecule has 2 fully saturated rings. The molecule has 1 spiro atoms. The average Bonchev–Trinajstić information content (AvgIpc) is 2.96. The minimum Gasteiger partial charge on any atom is -0.347 e. The first-order valence-electron chi connectivity index (χ1n) is 6.27. The van der Waals surface area contributed by atoms with Gasteiger partial charge in [-0.3, -0.25) is 0 Å². The van der Waals surface area contributed by atoms with E-state index in [0.29, 0.717) is 48.0 Å². The summed E-state index contributed by atoms with van der Waals surface area (Å²) >= 11 is 16.2. The van der Waals surface area contributed by atoms with Gasteiger partial charge in [0, 0.05) is 25.9 Å². The molecule has 0 aromatic carbocycles. The molecule has 2 saturated heterocycles. The summed E-state index contributed by atoms with van der Waals surface area (Å²) in [4.78, 5) is 0.0448. The maximum absolute atomic E-state index is 12.7. The molecule has 2 aliphatic heterocycles. The summed E-state index contributed by atoms with van der Waals surface area (Å²) < 4.78 is 38.9. The van der Waals surface area contributed by atoms with Crippen molar-refractivity contribution in [3.63, 3.8) is 0 Å². The highest BCUT2D eigenvalue weighted by atomic mass is 79.9. The van der Waals surface area contributed by atoms with Crippen LogP contribution >= 0.6 is 50.5 Å². The summed E-state index contributed by atoms with van der Waals surface area (Å²) in [6, 6.07) is 0. The third kappa shape index (κ3) is 2.89. The molecule has 3 rings (SSSR count). The molecule has 1 aromatic rings. The van der Waals surface area contributed by atoms with Crippen LogP contribution in [-0.4, -0.2) is 44.8 Å². The van der Waals surface area contributed by atoms with Crippen molar-refractivity contribution in [2.24, 2.45) is 0 Å². The van der Waals surface area contributed by atoms with Crippen LogP contribution in [0, 0.1) is 0 Å². The topological polar surface area (TPSA) is 55.8 Å². The molecule has 0 radical (unpaired) electrons. The molecule has 0 N–H and O–H groups in total. The van der Waals surface area contributed by atoms with E-state index in [4.69, 9.17) is 32.7 Å². The average molecular weight is 437 g/mol. The van der Waals surface area contributed by atoms with Gasteiger partial charge in [0.15, 0.2) is 5.79 Å². The minimum absolute atomic E-state index is 0.0448. The van der Waals surface area contributed by atoms with Crippen molar-refractivity contribution >= 4 is 60.5 Å². The van der Waals surface area contributed by atoms with E-state index in [1.807, 2.05) is 0 Å². The standard InChI is InChI=1S/C11H12BrCl2NO4S2/c12-7-8(10(14)20-9(7)13)21(16,17)15-3-1-11(2-4-15)18-5-6-19-11/h1-6H2. The highest BCUT2D eigenvalue weighted by molar-refractivity contribution is 9.10. The lowest BCUT2D eigenvalue weighted by molar-refractivity contribution is -0.179.